The van der Waals surface area contributed by atoms with Crippen LogP contribution in [0.5, 0.6) is 5.75 Å². The van der Waals surface area contributed by atoms with Gasteiger partial charge in [0.15, 0.2) is 0 Å². The van der Waals surface area contributed by atoms with Crippen LogP contribution in [0.15, 0.2) is 58.5 Å². The number of ketones is 1. The van der Waals surface area contributed by atoms with Gasteiger partial charge in [0.05, 0.1) is 18.2 Å². The molecule has 32 heavy (non-hydrogen) atoms. The van der Waals surface area contributed by atoms with E-state index in [0.717, 1.165) is 16.7 Å². The van der Waals surface area contributed by atoms with E-state index >= 15 is 0 Å². The number of aliphatic hydroxyl groups is 1. The van der Waals surface area contributed by atoms with E-state index in [4.69, 9.17) is 9.15 Å². The standard InChI is InChI=1S/C26H25NO5/c1-14-12-16(3)25(31-5)18(13-14)23(28)21-22(20-11-10-17(4)32-20)27(26(30)24(21)29)19-9-7-6-8-15(19)2/h6-13,22,28H,1-5H3/b23-21+. The van der Waals surface area contributed by atoms with Gasteiger partial charge in [-0.05, 0) is 68.7 Å². The molecule has 1 aromatic heterocycles. The molecule has 1 fully saturated rings. The van der Waals surface area contributed by atoms with Crippen LogP contribution in [-0.2, 0) is 9.59 Å². The Morgan fingerprint density at radius 1 is 1.00 bits per heavy atom. The number of anilines is 1. The summed E-state index contributed by atoms with van der Waals surface area (Å²) in [6, 6.07) is 13.6. The van der Waals surface area contributed by atoms with Crippen LogP contribution in [0.4, 0.5) is 5.69 Å². The summed E-state index contributed by atoms with van der Waals surface area (Å²) in [6.07, 6.45) is 0. The van der Waals surface area contributed by atoms with Gasteiger partial charge in [0.1, 0.15) is 29.1 Å². The Kier molecular flexibility index (Phi) is 5.38. The molecule has 164 valence electrons. The molecule has 6 heteroatoms. The molecule has 1 amide bonds. The molecular weight excluding hydrogens is 406 g/mol. The Balaban J connectivity index is 2.02. The third-order valence-corrected chi connectivity index (χ3v) is 5.73. The van der Waals surface area contributed by atoms with E-state index in [-0.39, 0.29) is 11.3 Å². The molecule has 1 unspecified atom stereocenters. The van der Waals surface area contributed by atoms with Crippen molar-refractivity contribution in [2.75, 3.05) is 12.0 Å². The summed E-state index contributed by atoms with van der Waals surface area (Å²) in [5, 5.41) is 11.4. The summed E-state index contributed by atoms with van der Waals surface area (Å²) in [4.78, 5) is 27.9. The summed E-state index contributed by atoms with van der Waals surface area (Å²) in [7, 11) is 1.51. The molecular formula is C26H25NO5. The first kappa shape index (κ1) is 21.4. The lowest BCUT2D eigenvalue weighted by atomic mass is 9.96. The van der Waals surface area contributed by atoms with Crippen molar-refractivity contribution in [2.45, 2.75) is 33.7 Å². The molecule has 0 bridgehead atoms. The molecule has 6 nitrogen and oxygen atoms in total. The molecule has 1 N–H and O–H groups in total. The number of furan rings is 1. The van der Waals surface area contributed by atoms with Gasteiger partial charge in [-0.1, -0.05) is 24.3 Å². The molecule has 2 heterocycles. The normalized spacial score (nSPS) is 17.8. The quantitative estimate of drug-likeness (QED) is 0.351. The molecule has 3 aromatic rings. The maximum Gasteiger partial charge on any atom is 0.300 e. The second-order valence-corrected chi connectivity index (χ2v) is 8.07. The lowest BCUT2D eigenvalue weighted by Crippen LogP contribution is -2.29. The third-order valence-electron chi connectivity index (χ3n) is 5.73. The van der Waals surface area contributed by atoms with Gasteiger partial charge in [-0.3, -0.25) is 14.5 Å². The van der Waals surface area contributed by atoms with Crippen molar-refractivity contribution in [2.24, 2.45) is 0 Å². The van der Waals surface area contributed by atoms with Gasteiger partial charge in [0.2, 0.25) is 0 Å². The number of nitrogens with zero attached hydrogens (tertiary/aromatic N) is 1. The van der Waals surface area contributed by atoms with Crippen molar-refractivity contribution >= 4 is 23.1 Å². The van der Waals surface area contributed by atoms with Crippen molar-refractivity contribution in [1.82, 2.24) is 0 Å². The van der Waals surface area contributed by atoms with Gasteiger partial charge >= 0.3 is 0 Å². The number of Topliss-reactive ketones (excluding diaryl/α,β-unsaturated/α-hetero) is 1. The molecule has 1 atom stereocenters. The fraction of sp³-hybridized carbons (Fsp3) is 0.231. The average Bonchev–Trinajstić information content (AvgIpc) is 3.29. The molecule has 4 rings (SSSR count). The van der Waals surface area contributed by atoms with E-state index in [1.54, 1.807) is 37.3 Å². The van der Waals surface area contributed by atoms with Crippen molar-refractivity contribution in [3.05, 3.63) is 87.9 Å². The van der Waals surface area contributed by atoms with Crippen molar-refractivity contribution in [3.8, 4) is 5.75 Å². The van der Waals surface area contributed by atoms with Crippen LogP contribution in [0.3, 0.4) is 0 Å². The summed E-state index contributed by atoms with van der Waals surface area (Å²) in [5.74, 6) is -0.296. The number of aryl methyl sites for hydroxylation is 4. The second kappa shape index (κ2) is 8.04. The van der Waals surface area contributed by atoms with E-state index in [0.29, 0.717) is 28.5 Å². The number of ether oxygens (including phenoxy) is 1. The largest absolute Gasteiger partial charge is 0.507 e. The van der Waals surface area contributed by atoms with Gasteiger partial charge in [-0.25, -0.2) is 0 Å². The van der Waals surface area contributed by atoms with Gasteiger partial charge < -0.3 is 14.3 Å². The van der Waals surface area contributed by atoms with E-state index in [1.165, 1.54) is 12.0 Å². The number of para-hydroxylation sites is 1. The molecule has 1 aliphatic rings. The number of amides is 1. The Labute approximate surface area is 186 Å². The minimum Gasteiger partial charge on any atom is -0.507 e. The van der Waals surface area contributed by atoms with E-state index in [2.05, 4.69) is 0 Å². The lowest BCUT2D eigenvalue weighted by molar-refractivity contribution is -0.132. The van der Waals surface area contributed by atoms with Crippen LogP contribution < -0.4 is 9.64 Å². The summed E-state index contributed by atoms with van der Waals surface area (Å²) >= 11 is 0. The molecule has 0 aliphatic carbocycles. The fourth-order valence-electron chi connectivity index (χ4n) is 4.33. The third kappa shape index (κ3) is 3.38. The van der Waals surface area contributed by atoms with E-state index < -0.39 is 17.7 Å². The molecule has 0 saturated carbocycles. The number of aliphatic hydroxyl groups excluding tert-OH is 1. The first-order valence-electron chi connectivity index (χ1n) is 10.3. The Morgan fingerprint density at radius 2 is 1.72 bits per heavy atom. The number of carbonyl (C=O) groups is 2. The smallest absolute Gasteiger partial charge is 0.300 e. The van der Waals surface area contributed by atoms with Crippen molar-refractivity contribution < 1.29 is 23.8 Å². The molecule has 1 aliphatic heterocycles. The van der Waals surface area contributed by atoms with Gasteiger partial charge in [0, 0.05) is 5.69 Å². The average molecular weight is 431 g/mol. The van der Waals surface area contributed by atoms with Gasteiger partial charge in [-0.15, -0.1) is 0 Å². The molecule has 2 aromatic carbocycles. The van der Waals surface area contributed by atoms with Crippen molar-refractivity contribution in [1.29, 1.82) is 0 Å². The summed E-state index contributed by atoms with van der Waals surface area (Å²) < 4.78 is 11.4. The van der Waals surface area contributed by atoms with Gasteiger partial charge in [-0.2, -0.15) is 0 Å². The van der Waals surface area contributed by atoms with Crippen LogP contribution in [0.2, 0.25) is 0 Å². The highest BCUT2D eigenvalue weighted by atomic mass is 16.5. The highest BCUT2D eigenvalue weighted by molar-refractivity contribution is 6.51. The monoisotopic (exact) mass is 431 g/mol. The van der Waals surface area contributed by atoms with Crippen molar-refractivity contribution in [3.63, 3.8) is 0 Å². The minimum atomic E-state index is -0.907. The second-order valence-electron chi connectivity index (χ2n) is 8.07. The molecule has 0 spiro atoms. The first-order valence-corrected chi connectivity index (χ1v) is 10.3. The number of benzene rings is 2. The van der Waals surface area contributed by atoms with Gasteiger partial charge in [0.25, 0.3) is 11.7 Å². The number of carbonyl (C=O) groups excluding carboxylic acids is 2. The number of rotatable bonds is 4. The minimum absolute atomic E-state index is 0.0316. The van der Waals surface area contributed by atoms with Crippen LogP contribution in [0.1, 0.15) is 39.8 Å². The molecule has 1 saturated heterocycles. The maximum absolute atomic E-state index is 13.3. The maximum atomic E-state index is 13.3. The first-order chi connectivity index (χ1) is 15.2. The zero-order valence-electron chi connectivity index (χ0n) is 18.7. The zero-order valence-corrected chi connectivity index (χ0v) is 18.7. The van der Waals surface area contributed by atoms with Crippen LogP contribution in [0, 0.1) is 27.7 Å². The fourth-order valence-corrected chi connectivity index (χ4v) is 4.33. The lowest BCUT2D eigenvalue weighted by Gasteiger charge is -2.25. The number of methoxy groups -OCH3 is 1. The van der Waals surface area contributed by atoms with Crippen LogP contribution in [-0.4, -0.2) is 23.9 Å². The summed E-state index contributed by atoms with van der Waals surface area (Å²) in [5.41, 5.74) is 3.44. The predicted octanol–water partition coefficient (Wildman–Crippen LogP) is 5.15. The number of hydrogen-bond acceptors (Lipinski definition) is 5. The zero-order chi connectivity index (χ0) is 23.2. The Bertz CT molecular complexity index is 1270. The highest BCUT2D eigenvalue weighted by Crippen LogP contribution is 2.44. The van der Waals surface area contributed by atoms with E-state index in [1.807, 2.05) is 39.0 Å². The van der Waals surface area contributed by atoms with E-state index in [9.17, 15) is 14.7 Å². The Hall–Kier alpha value is -3.80. The van der Waals surface area contributed by atoms with Crippen LogP contribution >= 0.6 is 0 Å². The summed E-state index contributed by atoms with van der Waals surface area (Å²) in [6.45, 7) is 7.41. The SMILES string of the molecule is COc1c(C)cc(C)cc1/C(O)=C1\C(=O)C(=O)N(c2ccccc2C)C1c1ccc(C)o1. The molecule has 0 radical (unpaired) electrons. The topological polar surface area (TPSA) is 80.0 Å². The highest BCUT2D eigenvalue weighted by Gasteiger charge is 2.49. The Morgan fingerprint density at radius 3 is 2.34 bits per heavy atom. The predicted molar refractivity (Wildman–Crippen MR) is 122 cm³/mol. The van der Waals surface area contributed by atoms with Crippen LogP contribution in [0.25, 0.3) is 5.76 Å². The number of hydrogen-bond donors (Lipinski definition) is 1.